The van der Waals surface area contributed by atoms with Crippen molar-refractivity contribution in [3.63, 3.8) is 0 Å². The zero-order valence-corrected chi connectivity index (χ0v) is 8.88. The molecule has 6 nitrogen and oxygen atoms in total. The molecule has 0 unspecified atom stereocenters. The van der Waals surface area contributed by atoms with Crippen LogP contribution in [-0.4, -0.2) is 26.3 Å². The molecular formula is C10H9N5O. The number of aliphatic imine (C=N–C) groups is 1. The molecule has 0 fully saturated rings. The zero-order chi connectivity index (χ0) is 11.5. The van der Waals surface area contributed by atoms with E-state index >= 15 is 0 Å². The van der Waals surface area contributed by atoms with E-state index in [9.17, 15) is 4.79 Å². The van der Waals surface area contributed by atoms with Crippen LogP contribution in [0.5, 0.6) is 0 Å². The third kappa shape index (κ3) is 1.87. The Bertz CT molecular complexity index is 568. The molecule has 0 saturated carbocycles. The smallest absolute Gasteiger partial charge is 0.211 e. The fourth-order valence-corrected chi connectivity index (χ4v) is 1.32. The van der Waals surface area contributed by atoms with Crippen LogP contribution in [0.4, 0.5) is 5.69 Å². The van der Waals surface area contributed by atoms with Gasteiger partial charge in [-0.2, -0.15) is 9.79 Å². The first-order chi connectivity index (χ1) is 7.70. The van der Waals surface area contributed by atoms with Gasteiger partial charge in [-0.1, -0.05) is 12.1 Å². The van der Waals surface area contributed by atoms with Crippen LogP contribution in [0.25, 0.3) is 11.4 Å². The number of isocyanates is 1. The van der Waals surface area contributed by atoms with Crippen LogP contribution in [0.3, 0.4) is 0 Å². The lowest BCUT2D eigenvalue weighted by atomic mass is 10.1. The summed E-state index contributed by atoms with van der Waals surface area (Å²) in [5.74, 6) is 0.504. The summed E-state index contributed by atoms with van der Waals surface area (Å²) in [6.45, 7) is 1.87. The van der Waals surface area contributed by atoms with Crippen LogP contribution in [0.1, 0.15) is 5.56 Å². The number of hydrogen-bond donors (Lipinski definition) is 0. The molecule has 2 rings (SSSR count). The second-order valence-electron chi connectivity index (χ2n) is 3.31. The van der Waals surface area contributed by atoms with Gasteiger partial charge in [-0.15, -0.1) is 10.2 Å². The number of tetrazole rings is 1. The lowest BCUT2D eigenvalue weighted by Crippen LogP contribution is -1.91. The van der Waals surface area contributed by atoms with Gasteiger partial charge >= 0.3 is 0 Å². The Kier molecular flexibility index (Phi) is 2.57. The van der Waals surface area contributed by atoms with Crippen LogP contribution >= 0.6 is 0 Å². The van der Waals surface area contributed by atoms with Gasteiger partial charge in [-0.05, 0) is 23.8 Å². The summed E-state index contributed by atoms with van der Waals surface area (Å²) in [7, 11) is 1.69. The van der Waals surface area contributed by atoms with Crippen molar-refractivity contribution in [1.82, 2.24) is 20.2 Å². The maximum absolute atomic E-state index is 10.2. The lowest BCUT2D eigenvalue weighted by molar-refractivity contribution is 0.565. The average molecular weight is 215 g/mol. The Morgan fingerprint density at radius 2 is 2.25 bits per heavy atom. The number of hydrogen-bond acceptors (Lipinski definition) is 5. The third-order valence-electron chi connectivity index (χ3n) is 2.14. The quantitative estimate of drug-likeness (QED) is 0.556. The SMILES string of the molecule is Cc1ccc(-c2nnn(C)n2)cc1N=C=O. The molecule has 0 N–H and O–H groups in total. The van der Waals surface area contributed by atoms with E-state index in [2.05, 4.69) is 20.4 Å². The van der Waals surface area contributed by atoms with Gasteiger partial charge < -0.3 is 0 Å². The molecule has 0 atom stereocenters. The first-order valence-electron chi connectivity index (χ1n) is 4.63. The van der Waals surface area contributed by atoms with Crippen molar-refractivity contribution in [2.75, 3.05) is 0 Å². The van der Waals surface area contributed by atoms with E-state index in [1.165, 1.54) is 10.9 Å². The van der Waals surface area contributed by atoms with E-state index in [0.717, 1.165) is 11.1 Å². The summed E-state index contributed by atoms with van der Waals surface area (Å²) in [5, 5.41) is 11.7. The van der Waals surface area contributed by atoms with Gasteiger partial charge in [0.25, 0.3) is 0 Å². The monoisotopic (exact) mass is 215 g/mol. The van der Waals surface area contributed by atoms with E-state index in [-0.39, 0.29) is 0 Å². The van der Waals surface area contributed by atoms with Gasteiger partial charge in [0.05, 0.1) is 12.7 Å². The number of aryl methyl sites for hydroxylation is 2. The second-order valence-corrected chi connectivity index (χ2v) is 3.31. The predicted molar refractivity (Wildman–Crippen MR) is 56.8 cm³/mol. The van der Waals surface area contributed by atoms with E-state index < -0.39 is 0 Å². The van der Waals surface area contributed by atoms with Crippen molar-refractivity contribution in [3.8, 4) is 11.4 Å². The number of nitrogens with zero attached hydrogens (tertiary/aromatic N) is 5. The number of rotatable bonds is 2. The molecule has 0 aliphatic rings. The molecule has 1 aromatic heterocycles. The van der Waals surface area contributed by atoms with Crippen LogP contribution in [0, 0.1) is 6.92 Å². The highest BCUT2D eigenvalue weighted by Crippen LogP contribution is 2.24. The lowest BCUT2D eigenvalue weighted by Gasteiger charge is -1.99. The van der Waals surface area contributed by atoms with Crippen molar-refractivity contribution >= 4 is 11.8 Å². The van der Waals surface area contributed by atoms with Gasteiger partial charge in [-0.25, -0.2) is 4.79 Å². The summed E-state index contributed by atoms with van der Waals surface area (Å²) in [6.07, 6.45) is 1.52. The minimum Gasteiger partial charge on any atom is -0.211 e. The molecule has 0 saturated heterocycles. The molecule has 6 heteroatoms. The first kappa shape index (κ1) is 10.2. The van der Waals surface area contributed by atoms with Crippen molar-refractivity contribution in [2.24, 2.45) is 12.0 Å². The molecule has 0 spiro atoms. The normalized spacial score (nSPS) is 9.88. The van der Waals surface area contributed by atoms with E-state index in [0.29, 0.717) is 11.5 Å². The average Bonchev–Trinajstić information content (AvgIpc) is 2.69. The Morgan fingerprint density at radius 1 is 1.44 bits per heavy atom. The zero-order valence-electron chi connectivity index (χ0n) is 8.88. The molecule has 0 aliphatic heterocycles. The highest BCUT2D eigenvalue weighted by atomic mass is 16.1. The first-order valence-corrected chi connectivity index (χ1v) is 4.63. The Hall–Kier alpha value is -2.33. The minimum atomic E-state index is 0.504. The van der Waals surface area contributed by atoms with Crippen molar-refractivity contribution < 1.29 is 4.79 Å². The van der Waals surface area contributed by atoms with E-state index in [1.807, 2.05) is 19.1 Å². The van der Waals surface area contributed by atoms with Gasteiger partial charge in [0.1, 0.15) is 0 Å². The Morgan fingerprint density at radius 3 is 2.88 bits per heavy atom. The standard InChI is InChI=1S/C10H9N5O/c1-7-3-4-8(5-9(7)11-6-16)10-12-14-15(2)13-10/h3-5H,1-2H3. The highest BCUT2D eigenvalue weighted by Gasteiger charge is 2.06. The summed E-state index contributed by atoms with van der Waals surface area (Å²) in [6, 6.07) is 5.44. The molecule has 2 aromatic rings. The Labute approximate surface area is 91.6 Å². The van der Waals surface area contributed by atoms with Crippen molar-refractivity contribution in [2.45, 2.75) is 6.92 Å². The fraction of sp³-hybridized carbons (Fsp3) is 0.200. The molecule has 1 heterocycles. The topological polar surface area (TPSA) is 73.0 Å². The summed E-state index contributed by atoms with van der Waals surface area (Å²) in [4.78, 5) is 15.2. The van der Waals surface area contributed by atoms with Crippen molar-refractivity contribution in [1.29, 1.82) is 0 Å². The van der Waals surface area contributed by atoms with Crippen molar-refractivity contribution in [3.05, 3.63) is 23.8 Å². The molecule has 0 bridgehead atoms. The van der Waals surface area contributed by atoms with E-state index in [1.54, 1.807) is 13.1 Å². The van der Waals surface area contributed by atoms with Crippen LogP contribution in [0.2, 0.25) is 0 Å². The van der Waals surface area contributed by atoms with Crippen LogP contribution in [-0.2, 0) is 11.8 Å². The van der Waals surface area contributed by atoms with Gasteiger partial charge in [0, 0.05) is 5.56 Å². The molecule has 0 amide bonds. The van der Waals surface area contributed by atoms with Gasteiger partial charge in [-0.3, -0.25) is 0 Å². The maximum Gasteiger partial charge on any atom is 0.240 e. The number of aromatic nitrogens is 4. The fourth-order valence-electron chi connectivity index (χ4n) is 1.32. The summed E-state index contributed by atoms with van der Waals surface area (Å²) in [5.41, 5.74) is 2.24. The highest BCUT2D eigenvalue weighted by molar-refractivity contribution is 5.64. The molecule has 0 radical (unpaired) electrons. The summed E-state index contributed by atoms with van der Waals surface area (Å²) >= 11 is 0. The molecule has 0 aliphatic carbocycles. The van der Waals surface area contributed by atoms with Gasteiger partial charge in [0.15, 0.2) is 0 Å². The predicted octanol–water partition coefficient (Wildman–Crippen LogP) is 1.15. The third-order valence-corrected chi connectivity index (χ3v) is 2.14. The number of benzene rings is 1. The molecule has 16 heavy (non-hydrogen) atoms. The maximum atomic E-state index is 10.2. The second kappa shape index (κ2) is 4.04. The minimum absolute atomic E-state index is 0.504. The molecule has 1 aromatic carbocycles. The van der Waals surface area contributed by atoms with E-state index in [4.69, 9.17) is 0 Å². The largest absolute Gasteiger partial charge is 0.240 e. The van der Waals surface area contributed by atoms with Crippen LogP contribution in [0.15, 0.2) is 23.2 Å². The Balaban J connectivity index is 2.51. The molecular weight excluding hydrogens is 206 g/mol. The molecule has 80 valence electrons. The number of carbonyl (C=O) groups excluding carboxylic acids is 1. The van der Waals surface area contributed by atoms with Gasteiger partial charge in [0.2, 0.25) is 11.9 Å². The van der Waals surface area contributed by atoms with Crippen LogP contribution < -0.4 is 0 Å². The summed E-state index contributed by atoms with van der Waals surface area (Å²) < 4.78 is 0.